The molecular weight excluding hydrogens is 346 g/mol. The Bertz CT molecular complexity index is 583. The molecular formula is C17H33NO6S. The minimum atomic E-state index is -3.47. The van der Waals surface area contributed by atoms with Crippen LogP contribution in [0.2, 0.25) is 0 Å². The summed E-state index contributed by atoms with van der Waals surface area (Å²) >= 11 is 0. The Hall–Kier alpha value is -1.31. The summed E-state index contributed by atoms with van der Waals surface area (Å²) in [7, 11) is -3.47. The molecule has 0 aliphatic rings. The molecule has 7 nitrogen and oxygen atoms in total. The number of carboxylic acid groups (broad SMARTS) is 1. The topological polar surface area (TPSA) is 110 Å². The summed E-state index contributed by atoms with van der Waals surface area (Å²) in [5.74, 6) is -1.78. The van der Waals surface area contributed by atoms with Gasteiger partial charge in [0.25, 0.3) is 0 Å². The fraction of sp³-hybridized carbons (Fsp3) is 0.882. The average Bonchev–Trinajstić information content (AvgIpc) is 2.34. The summed E-state index contributed by atoms with van der Waals surface area (Å²) in [6, 6.07) is 0. The van der Waals surface area contributed by atoms with Crippen molar-refractivity contribution >= 4 is 21.9 Å². The SMILES string of the molecule is CC(C)C(CCS(=O)(=O)C(C)(C)C)(CNC(=O)OC(C)(C)C)C(=O)O. The number of ether oxygens (including phenoxy) is 1. The van der Waals surface area contributed by atoms with E-state index < -0.39 is 37.7 Å². The molecule has 0 heterocycles. The van der Waals surface area contributed by atoms with Crippen LogP contribution in [0.1, 0.15) is 61.8 Å². The molecule has 0 aromatic heterocycles. The number of rotatable bonds is 7. The second kappa shape index (κ2) is 7.93. The number of amides is 1. The summed E-state index contributed by atoms with van der Waals surface area (Å²) in [4.78, 5) is 23.8. The van der Waals surface area contributed by atoms with E-state index in [1.54, 1.807) is 55.4 Å². The maximum atomic E-state index is 12.4. The molecule has 148 valence electrons. The summed E-state index contributed by atoms with van der Waals surface area (Å²) < 4.78 is 28.9. The highest BCUT2D eigenvalue weighted by Crippen LogP contribution is 2.33. The maximum absolute atomic E-state index is 12.4. The second-order valence-electron chi connectivity index (χ2n) is 8.65. The number of sulfone groups is 1. The van der Waals surface area contributed by atoms with E-state index in [-0.39, 0.29) is 24.6 Å². The van der Waals surface area contributed by atoms with Crippen LogP contribution in [0.25, 0.3) is 0 Å². The molecule has 0 spiro atoms. The second-order valence-corrected chi connectivity index (χ2v) is 11.5. The Morgan fingerprint density at radius 3 is 1.88 bits per heavy atom. The highest BCUT2D eigenvalue weighted by atomic mass is 32.2. The van der Waals surface area contributed by atoms with Gasteiger partial charge in [0.1, 0.15) is 5.60 Å². The van der Waals surface area contributed by atoms with Crippen molar-refractivity contribution in [1.82, 2.24) is 5.32 Å². The molecule has 1 unspecified atom stereocenters. The van der Waals surface area contributed by atoms with Gasteiger partial charge in [-0.25, -0.2) is 13.2 Å². The zero-order valence-corrected chi connectivity index (χ0v) is 17.4. The van der Waals surface area contributed by atoms with Gasteiger partial charge in [-0.05, 0) is 53.9 Å². The quantitative estimate of drug-likeness (QED) is 0.704. The van der Waals surface area contributed by atoms with Crippen LogP contribution in [0, 0.1) is 11.3 Å². The van der Waals surface area contributed by atoms with Crippen molar-refractivity contribution in [1.29, 1.82) is 0 Å². The van der Waals surface area contributed by atoms with E-state index in [9.17, 15) is 23.1 Å². The van der Waals surface area contributed by atoms with Crippen LogP contribution < -0.4 is 5.32 Å². The van der Waals surface area contributed by atoms with E-state index >= 15 is 0 Å². The Morgan fingerprint density at radius 1 is 1.08 bits per heavy atom. The van der Waals surface area contributed by atoms with Gasteiger partial charge in [0.05, 0.1) is 15.9 Å². The lowest BCUT2D eigenvalue weighted by Gasteiger charge is -2.34. The summed E-state index contributed by atoms with van der Waals surface area (Å²) in [5.41, 5.74) is -2.10. The van der Waals surface area contributed by atoms with Gasteiger partial charge in [-0.15, -0.1) is 0 Å². The first-order chi connectivity index (χ1) is 10.9. The van der Waals surface area contributed by atoms with Crippen molar-refractivity contribution in [3.05, 3.63) is 0 Å². The van der Waals surface area contributed by atoms with Crippen molar-refractivity contribution in [3.8, 4) is 0 Å². The van der Waals surface area contributed by atoms with Gasteiger partial charge in [0, 0.05) is 6.54 Å². The van der Waals surface area contributed by atoms with Crippen LogP contribution in [-0.2, 0) is 19.4 Å². The van der Waals surface area contributed by atoms with Gasteiger partial charge in [-0.3, -0.25) is 4.79 Å². The molecule has 0 bridgehead atoms. The number of aliphatic carboxylic acids is 1. The van der Waals surface area contributed by atoms with Crippen LogP contribution in [-0.4, -0.2) is 48.2 Å². The largest absolute Gasteiger partial charge is 0.481 e. The van der Waals surface area contributed by atoms with E-state index in [4.69, 9.17) is 4.74 Å². The molecule has 0 saturated heterocycles. The third kappa shape index (κ3) is 6.84. The van der Waals surface area contributed by atoms with Gasteiger partial charge in [0.15, 0.2) is 9.84 Å². The highest BCUT2D eigenvalue weighted by Gasteiger charge is 2.44. The molecule has 0 fully saturated rings. The first-order valence-corrected chi connectivity index (χ1v) is 10.0. The molecule has 0 aliphatic carbocycles. The molecule has 25 heavy (non-hydrogen) atoms. The highest BCUT2D eigenvalue weighted by molar-refractivity contribution is 7.92. The Balaban J connectivity index is 5.35. The molecule has 0 aromatic carbocycles. The minimum Gasteiger partial charge on any atom is -0.481 e. The third-order valence-electron chi connectivity index (χ3n) is 4.23. The van der Waals surface area contributed by atoms with Crippen LogP contribution in [0.4, 0.5) is 4.79 Å². The number of hydrogen-bond donors (Lipinski definition) is 2. The van der Waals surface area contributed by atoms with Gasteiger partial charge in [-0.1, -0.05) is 13.8 Å². The van der Waals surface area contributed by atoms with Crippen molar-refractivity contribution in [2.75, 3.05) is 12.3 Å². The number of carbonyl (C=O) groups is 2. The van der Waals surface area contributed by atoms with E-state index in [1.165, 1.54) is 0 Å². The van der Waals surface area contributed by atoms with E-state index in [2.05, 4.69) is 5.32 Å². The summed E-state index contributed by atoms with van der Waals surface area (Å²) in [5, 5.41) is 12.2. The van der Waals surface area contributed by atoms with Gasteiger partial charge >= 0.3 is 12.1 Å². The molecule has 8 heteroatoms. The van der Waals surface area contributed by atoms with Gasteiger partial charge < -0.3 is 15.2 Å². The van der Waals surface area contributed by atoms with E-state index in [1.807, 2.05) is 0 Å². The number of nitrogens with one attached hydrogen (secondary N) is 1. The minimum absolute atomic E-state index is 0.0879. The van der Waals surface area contributed by atoms with Crippen LogP contribution >= 0.6 is 0 Å². The van der Waals surface area contributed by atoms with E-state index in [0.717, 1.165) is 0 Å². The first-order valence-electron chi connectivity index (χ1n) is 8.37. The fourth-order valence-electron chi connectivity index (χ4n) is 2.18. The average molecular weight is 380 g/mol. The number of carbonyl (C=O) groups excluding carboxylic acids is 1. The Labute approximate surface area is 151 Å². The molecule has 0 saturated carbocycles. The lowest BCUT2D eigenvalue weighted by Crippen LogP contribution is -2.49. The molecule has 0 aromatic rings. The van der Waals surface area contributed by atoms with Crippen LogP contribution in [0.15, 0.2) is 0 Å². The fourth-order valence-corrected chi connectivity index (χ4v) is 3.42. The molecule has 1 atom stereocenters. The zero-order chi connectivity index (χ0) is 20.3. The zero-order valence-electron chi connectivity index (χ0n) is 16.6. The molecule has 0 radical (unpaired) electrons. The van der Waals surface area contributed by atoms with Crippen molar-refractivity contribution in [3.63, 3.8) is 0 Å². The van der Waals surface area contributed by atoms with Crippen molar-refractivity contribution in [2.24, 2.45) is 11.3 Å². The first kappa shape index (κ1) is 23.7. The third-order valence-corrected chi connectivity index (χ3v) is 6.84. The molecule has 2 N–H and O–H groups in total. The van der Waals surface area contributed by atoms with E-state index in [0.29, 0.717) is 0 Å². The lowest BCUT2D eigenvalue weighted by atomic mass is 9.75. The Morgan fingerprint density at radius 2 is 1.56 bits per heavy atom. The predicted molar refractivity (Wildman–Crippen MR) is 97.3 cm³/mol. The summed E-state index contributed by atoms with van der Waals surface area (Å²) in [6.45, 7) is 13.1. The lowest BCUT2D eigenvalue weighted by molar-refractivity contribution is -0.151. The van der Waals surface area contributed by atoms with Gasteiger partial charge in [-0.2, -0.15) is 0 Å². The Kier molecular flexibility index (Phi) is 7.51. The number of alkyl carbamates (subject to hydrolysis) is 1. The summed E-state index contributed by atoms with van der Waals surface area (Å²) in [6.07, 6.45) is -0.812. The predicted octanol–water partition coefficient (Wildman–Crippen LogP) is 2.84. The van der Waals surface area contributed by atoms with Crippen molar-refractivity contribution < 1.29 is 27.9 Å². The normalized spacial score (nSPS) is 15.6. The van der Waals surface area contributed by atoms with Crippen molar-refractivity contribution in [2.45, 2.75) is 72.2 Å². The van der Waals surface area contributed by atoms with Gasteiger partial charge in [0.2, 0.25) is 0 Å². The van der Waals surface area contributed by atoms with Crippen LogP contribution in [0.5, 0.6) is 0 Å². The number of carboxylic acids is 1. The van der Waals surface area contributed by atoms with Crippen LogP contribution in [0.3, 0.4) is 0 Å². The maximum Gasteiger partial charge on any atom is 0.407 e. The molecule has 0 rings (SSSR count). The smallest absolute Gasteiger partial charge is 0.407 e. The molecule has 0 aliphatic heterocycles. The molecule has 1 amide bonds. The number of hydrogen-bond acceptors (Lipinski definition) is 5. The monoisotopic (exact) mass is 379 g/mol. The standard InChI is InChI=1S/C17H33NO6S/c1-12(2)17(13(19)20,9-10-25(22,23)16(6,7)8)11-18-14(21)24-15(3,4)5/h12H,9-11H2,1-8H3,(H,18,21)(H,19,20).